The van der Waals surface area contributed by atoms with Gasteiger partial charge in [-0.25, -0.2) is 4.79 Å². The van der Waals surface area contributed by atoms with E-state index in [-0.39, 0.29) is 12.1 Å². The van der Waals surface area contributed by atoms with Crippen LogP contribution in [-0.4, -0.2) is 27.6 Å². The van der Waals surface area contributed by atoms with E-state index in [1.807, 2.05) is 56.3 Å². The fourth-order valence-electron chi connectivity index (χ4n) is 3.54. The first-order valence-electron chi connectivity index (χ1n) is 9.26. The number of likely N-dealkylation sites (tertiary alicyclic amines) is 1. The second kappa shape index (κ2) is 7.75. The summed E-state index contributed by atoms with van der Waals surface area (Å²) in [6.07, 6.45) is 1.71. The Kier molecular flexibility index (Phi) is 5.17. The molecule has 1 atom stereocenters. The molecule has 0 radical (unpaired) electrons. The Balaban J connectivity index is 1.54. The highest BCUT2D eigenvalue weighted by atomic mass is 79.9. The molecule has 7 heteroatoms. The van der Waals surface area contributed by atoms with Gasteiger partial charge in [0.2, 0.25) is 11.7 Å². The van der Waals surface area contributed by atoms with E-state index in [9.17, 15) is 4.79 Å². The lowest BCUT2D eigenvalue weighted by Crippen LogP contribution is -2.35. The molecule has 2 amide bonds. The van der Waals surface area contributed by atoms with E-state index in [1.54, 1.807) is 4.90 Å². The number of aryl methyl sites for hydroxylation is 2. The third-order valence-corrected chi connectivity index (χ3v) is 5.58. The minimum atomic E-state index is -0.207. The van der Waals surface area contributed by atoms with E-state index in [0.717, 1.165) is 39.7 Å². The molecule has 4 rings (SSSR count). The highest BCUT2D eigenvalue weighted by molar-refractivity contribution is 9.10. The monoisotopic (exact) mass is 440 g/mol. The number of carbonyl (C=O) groups is 1. The first kappa shape index (κ1) is 18.7. The number of hydrogen-bond acceptors (Lipinski definition) is 4. The fraction of sp³-hybridized carbons (Fsp3) is 0.286. The zero-order valence-electron chi connectivity index (χ0n) is 15.8. The van der Waals surface area contributed by atoms with Crippen LogP contribution < -0.4 is 5.32 Å². The predicted molar refractivity (Wildman–Crippen MR) is 111 cm³/mol. The third-order valence-electron chi connectivity index (χ3n) is 5.06. The number of halogens is 1. The summed E-state index contributed by atoms with van der Waals surface area (Å²) in [5.74, 6) is 1.01. The third kappa shape index (κ3) is 3.67. The standard InChI is InChI=1S/C21H21BrN4O2/c1-13-5-3-6-14(2)18(13)23-21(27)26-12-4-7-17(26)20-24-19(25-28-20)15-8-10-16(22)11-9-15/h3,5-6,8-11,17H,4,7,12H2,1-2H3,(H,23,27). The van der Waals surface area contributed by atoms with Crippen molar-refractivity contribution in [2.45, 2.75) is 32.7 Å². The molecule has 6 nitrogen and oxygen atoms in total. The molecule has 1 N–H and O–H groups in total. The van der Waals surface area contributed by atoms with Gasteiger partial charge in [-0.05, 0) is 62.1 Å². The normalized spacial score (nSPS) is 16.4. The Labute approximate surface area is 172 Å². The minimum Gasteiger partial charge on any atom is -0.337 e. The number of para-hydroxylation sites is 1. The van der Waals surface area contributed by atoms with Crippen LogP contribution in [0, 0.1) is 13.8 Å². The van der Waals surface area contributed by atoms with Gasteiger partial charge in [0.1, 0.15) is 6.04 Å². The summed E-state index contributed by atoms with van der Waals surface area (Å²) in [6, 6.07) is 13.4. The molecule has 144 valence electrons. The molecule has 0 saturated carbocycles. The summed E-state index contributed by atoms with van der Waals surface area (Å²) in [5.41, 5.74) is 3.82. The Bertz CT molecular complexity index is 980. The van der Waals surface area contributed by atoms with Crippen LogP contribution in [0.3, 0.4) is 0 Å². The number of aromatic nitrogens is 2. The Morgan fingerprint density at radius 3 is 2.61 bits per heavy atom. The van der Waals surface area contributed by atoms with Crippen LogP contribution in [0.2, 0.25) is 0 Å². The molecule has 1 aliphatic rings. The number of anilines is 1. The minimum absolute atomic E-state index is 0.136. The van der Waals surface area contributed by atoms with E-state index >= 15 is 0 Å². The second-order valence-corrected chi connectivity index (χ2v) is 7.93. The van der Waals surface area contributed by atoms with Crippen molar-refractivity contribution in [3.05, 3.63) is 64.0 Å². The molecule has 2 heterocycles. The van der Waals surface area contributed by atoms with Gasteiger partial charge in [0.05, 0.1) is 0 Å². The van der Waals surface area contributed by atoms with E-state index < -0.39 is 0 Å². The van der Waals surface area contributed by atoms with Crippen molar-refractivity contribution < 1.29 is 9.32 Å². The maximum Gasteiger partial charge on any atom is 0.322 e. The summed E-state index contributed by atoms with van der Waals surface area (Å²) >= 11 is 3.42. The highest BCUT2D eigenvalue weighted by Gasteiger charge is 2.34. The van der Waals surface area contributed by atoms with Crippen LogP contribution in [0.5, 0.6) is 0 Å². The lowest BCUT2D eigenvalue weighted by atomic mass is 10.1. The summed E-state index contributed by atoms with van der Waals surface area (Å²) < 4.78 is 6.51. The van der Waals surface area contributed by atoms with E-state index in [1.165, 1.54) is 0 Å². The van der Waals surface area contributed by atoms with Crippen LogP contribution in [0.4, 0.5) is 10.5 Å². The van der Waals surface area contributed by atoms with Crippen molar-refractivity contribution in [3.8, 4) is 11.4 Å². The lowest BCUT2D eigenvalue weighted by molar-refractivity contribution is 0.193. The molecule has 1 unspecified atom stereocenters. The zero-order chi connectivity index (χ0) is 19.7. The topological polar surface area (TPSA) is 71.3 Å². The second-order valence-electron chi connectivity index (χ2n) is 7.01. The van der Waals surface area contributed by atoms with Crippen LogP contribution in [0.25, 0.3) is 11.4 Å². The number of hydrogen-bond donors (Lipinski definition) is 1. The van der Waals surface area contributed by atoms with Gasteiger partial charge in [0, 0.05) is 22.3 Å². The average molecular weight is 441 g/mol. The first-order valence-corrected chi connectivity index (χ1v) is 10.1. The molecule has 0 bridgehead atoms. The quantitative estimate of drug-likeness (QED) is 0.584. The number of urea groups is 1. The van der Waals surface area contributed by atoms with Crippen molar-refractivity contribution >= 4 is 27.6 Å². The van der Waals surface area contributed by atoms with E-state index in [4.69, 9.17) is 4.52 Å². The molecule has 1 fully saturated rings. The largest absolute Gasteiger partial charge is 0.337 e. The molecular weight excluding hydrogens is 420 g/mol. The molecule has 1 saturated heterocycles. The molecule has 2 aromatic carbocycles. The Hall–Kier alpha value is -2.67. The van der Waals surface area contributed by atoms with Gasteiger partial charge >= 0.3 is 6.03 Å². The van der Waals surface area contributed by atoms with Crippen LogP contribution in [0.1, 0.15) is 35.9 Å². The Morgan fingerprint density at radius 2 is 1.89 bits per heavy atom. The van der Waals surface area contributed by atoms with Crippen molar-refractivity contribution in [1.29, 1.82) is 0 Å². The van der Waals surface area contributed by atoms with Gasteiger partial charge in [-0.1, -0.05) is 39.3 Å². The average Bonchev–Trinajstić information content (AvgIpc) is 3.34. The van der Waals surface area contributed by atoms with Gasteiger partial charge < -0.3 is 14.7 Å². The van der Waals surface area contributed by atoms with E-state index in [2.05, 4.69) is 31.4 Å². The molecule has 1 aromatic heterocycles. The molecule has 28 heavy (non-hydrogen) atoms. The molecule has 0 spiro atoms. The van der Waals surface area contributed by atoms with Gasteiger partial charge in [-0.15, -0.1) is 0 Å². The lowest BCUT2D eigenvalue weighted by Gasteiger charge is -2.23. The van der Waals surface area contributed by atoms with E-state index in [0.29, 0.717) is 18.3 Å². The predicted octanol–water partition coefficient (Wildman–Crippen LogP) is 5.48. The number of nitrogens with one attached hydrogen (secondary N) is 1. The summed E-state index contributed by atoms with van der Waals surface area (Å²) in [7, 11) is 0. The van der Waals surface area contributed by atoms with Gasteiger partial charge in [0.25, 0.3) is 0 Å². The molecular formula is C21H21BrN4O2. The van der Waals surface area contributed by atoms with Crippen molar-refractivity contribution in [2.24, 2.45) is 0 Å². The molecule has 3 aromatic rings. The SMILES string of the molecule is Cc1cccc(C)c1NC(=O)N1CCCC1c1nc(-c2ccc(Br)cc2)no1. The number of rotatable bonds is 3. The van der Waals surface area contributed by atoms with Gasteiger partial charge in [0.15, 0.2) is 0 Å². The first-order chi connectivity index (χ1) is 13.5. The molecule has 1 aliphatic heterocycles. The maximum absolute atomic E-state index is 12.9. The van der Waals surface area contributed by atoms with Crippen LogP contribution in [0.15, 0.2) is 51.5 Å². The number of benzene rings is 2. The summed E-state index contributed by atoms with van der Waals surface area (Å²) in [4.78, 5) is 19.3. The maximum atomic E-state index is 12.9. The van der Waals surface area contributed by atoms with Crippen LogP contribution >= 0.6 is 15.9 Å². The number of nitrogens with zero attached hydrogens (tertiary/aromatic N) is 3. The highest BCUT2D eigenvalue weighted by Crippen LogP contribution is 2.33. The summed E-state index contributed by atoms with van der Waals surface area (Å²) in [6.45, 7) is 4.65. The number of carbonyl (C=O) groups excluding carboxylic acids is 1. The molecule has 0 aliphatic carbocycles. The fourth-order valence-corrected chi connectivity index (χ4v) is 3.81. The number of amides is 2. The van der Waals surface area contributed by atoms with Gasteiger partial charge in [-0.2, -0.15) is 4.98 Å². The Morgan fingerprint density at radius 1 is 1.18 bits per heavy atom. The summed E-state index contributed by atoms with van der Waals surface area (Å²) in [5, 5.41) is 7.16. The smallest absolute Gasteiger partial charge is 0.322 e. The van der Waals surface area contributed by atoms with Crippen LogP contribution in [-0.2, 0) is 0 Å². The zero-order valence-corrected chi connectivity index (χ0v) is 17.4. The van der Waals surface area contributed by atoms with Crippen molar-refractivity contribution in [2.75, 3.05) is 11.9 Å². The van der Waals surface area contributed by atoms with Gasteiger partial charge in [-0.3, -0.25) is 0 Å². The van der Waals surface area contributed by atoms with Crippen molar-refractivity contribution in [1.82, 2.24) is 15.0 Å². The van der Waals surface area contributed by atoms with Crippen molar-refractivity contribution in [3.63, 3.8) is 0 Å².